The van der Waals surface area contributed by atoms with E-state index >= 15 is 0 Å². The van der Waals surface area contributed by atoms with Gasteiger partial charge in [-0.1, -0.05) is 0 Å². The molecule has 0 spiro atoms. The topological polar surface area (TPSA) is 52.6 Å². The largest absolute Gasteiger partial charge is 0.490 e. The number of rotatable bonds is 4. The number of ketones is 1. The van der Waals surface area contributed by atoms with Crippen molar-refractivity contribution in [2.45, 2.75) is 25.9 Å². The maximum Gasteiger partial charge on any atom is 0.305 e. The molecule has 0 aromatic heterocycles. The van der Waals surface area contributed by atoms with E-state index < -0.39 is 6.10 Å². The van der Waals surface area contributed by atoms with Crippen molar-refractivity contribution in [1.29, 1.82) is 0 Å². The quantitative estimate of drug-likeness (QED) is 0.607. The Bertz CT molecular complexity index is 232. The van der Waals surface area contributed by atoms with Gasteiger partial charge in [-0.3, -0.25) is 9.59 Å². The van der Waals surface area contributed by atoms with E-state index in [0.29, 0.717) is 13.0 Å². The second kappa shape index (κ2) is 4.64. The lowest BCUT2D eigenvalue weighted by Crippen LogP contribution is -2.18. The molecule has 1 aliphatic rings. The molecule has 0 aliphatic carbocycles. The summed E-state index contributed by atoms with van der Waals surface area (Å²) < 4.78 is 9.67. The molecular weight excluding hydrogens is 172 g/mol. The highest BCUT2D eigenvalue weighted by Gasteiger charge is 2.22. The van der Waals surface area contributed by atoms with Crippen molar-refractivity contribution in [3.63, 3.8) is 0 Å². The van der Waals surface area contributed by atoms with E-state index in [4.69, 9.17) is 9.47 Å². The zero-order valence-corrected chi connectivity index (χ0v) is 7.49. The second-order valence-electron chi connectivity index (χ2n) is 2.67. The molecule has 1 heterocycles. The zero-order chi connectivity index (χ0) is 9.68. The fourth-order valence-electron chi connectivity index (χ4n) is 1.07. The molecule has 1 rings (SSSR count). The van der Waals surface area contributed by atoms with Crippen LogP contribution in [0.25, 0.3) is 0 Å². The van der Waals surface area contributed by atoms with Crippen LogP contribution < -0.4 is 0 Å². The highest BCUT2D eigenvalue weighted by molar-refractivity contribution is 5.95. The third kappa shape index (κ3) is 2.89. The van der Waals surface area contributed by atoms with Gasteiger partial charge >= 0.3 is 5.97 Å². The number of esters is 1. The molecule has 0 bridgehead atoms. The predicted molar refractivity (Wildman–Crippen MR) is 44.9 cm³/mol. The summed E-state index contributed by atoms with van der Waals surface area (Å²) in [4.78, 5) is 21.9. The Kier molecular flexibility index (Phi) is 3.49. The Morgan fingerprint density at radius 1 is 1.69 bits per heavy atom. The van der Waals surface area contributed by atoms with E-state index in [2.05, 4.69) is 0 Å². The van der Waals surface area contributed by atoms with E-state index in [0.717, 1.165) is 0 Å². The van der Waals surface area contributed by atoms with Crippen LogP contribution in [-0.4, -0.2) is 24.5 Å². The number of carbonyl (C=O) groups excluding carboxylic acids is 2. The first-order valence-corrected chi connectivity index (χ1v) is 4.25. The summed E-state index contributed by atoms with van der Waals surface area (Å²) in [5.74, 6) is -0.366. The Hall–Kier alpha value is -1.32. The van der Waals surface area contributed by atoms with Crippen molar-refractivity contribution < 1.29 is 19.1 Å². The molecule has 4 heteroatoms. The van der Waals surface area contributed by atoms with Gasteiger partial charge in [0.05, 0.1) is 12.9 Å². The molecule has 0 aromatic carbocycles. The second-order valence-corrected chi connectivity index (χ2v) is 2.67. The fraction of sp³-hybridized carbons (Fsp3) is 0.556. The first-order chi connectivity index (χ1) is 6.24. The Morgan fingerprint density at radius 3 is 3.00 bits per heavy atom. The molecule has 1 atom stereocenters. The van der Waals surface area contributed by atoms with Crippen LogP contribution in [0.4, 0.5) is 0 Å². The molecule has 0 amide bonds. The summed E-state index contributed by atoms with van der Waals surface area (Å²) in [6.07, 6.45) is 2.87. The molecular formula is C9H12O4. The molecule has 0 radical (unpaired) electrons. The third-order valence-electron chi connectivity index (χ3n) is 1.71. The summed E-state index contributed by atoms with van der Waals surface area (Å²) in [5, 5.41) is 0. The highest BCUT2D eigenvalue weighted by atomic mass is 16.5. The smallest absolute Gasteiger partial charge is 0.305 e. The van der Waals surface area contributed by atoms with Gasteiger partial charge in [-0.15, -0.1) is 0 Å². The fourth-order valence-corrected chi connectivity index (χ4v) is 1.07. The van der Waals surface area contributed by atoms with Crippen LogP contribution in [0.1, 0.15) is 19.8 Å². The molecule has 1 unspecified atom stereocenters. The van der Waals surface area contributed by atoms with Gasteiger partial charge in [0.2, 0.25) is 0 Å². The van der Waals surface area contributed by atoms with Crippen molar-refractivity contribution >= 4 is 11.8 Å². The van der Waals surface area contributed by atoms with Crippen molar-refractivity contribution in [3.05, 3.63) is 12.3 Å². The Morgan fingerprint density at radius 2 is 2.46 bits per heavy atom. The lowest BCUT2D eigenvalue weighted by Gasteiger charge is -2.07. The molecule has 72 valence electrons. The van der Waals surface area contributed by atoms with Crippen molar-refractivity contribution in [2.24, 2.45) is 0 Å². The van der Waals surface area contributed by atoms with Crippen LogP contribution in [0.5, 0.6) is 0 Å². The molecule has 1 aliphatic heterocycles. The van der Waals surface area contributed by atoms with Gasteiger partial charge in [-0.25, -0.2) is 0 Å². The van der Waals surface area contributed by atoms with Crippen LogP contribution >= 0.6 is 0 Å². The normalized spacial score (nSPS) is 20.1. The van der Waals surface area contributed by atoms with Gasteiger partial charge in [0.25, 0.3) is 0 Å². The lowest BCUT2D eigenvalue weighted by molar-refractivity contribution is -0.143. The minimum Gasteiger partial charge on any atom is -0.490 e. The molecule has 13 heavy (non-hydrogen) atoms. The summed E-state index contributed by atoms with van der Waals surface area (Å²) in [5.41, 5.74) is 0. The number of ether oxygens (including phenoxy) is 2. The maximum atomic E-state index is 11.0. The van der Waals surface area contributed by atoms with Gasteiger partial charge in [0.15, 0.2) is 11.9 Å². The van der Waals surface area contributed by atoms with Gasteiger partial charge < -0.3 is 9.47 Å². The SMILES string of the molecule is CCOC(=O)CCC1OC=CC1=O. The minimum atomic E-state index is -0.482. The van der Waals surface area contributed by atoms with Crippen LogP contribution in [-0.2, 0) is 19.1 Å². The summed E-state index contributed by atoms with van der Waals surface area (Å²) >= 11 is 0. The average Bonchev–Trinajstić information content (AvgIpc) is 2.48. The number of carbonyl (C=O) groups is 2. The first-order valence-electron chi connectivity index (χ1n) is 4.25. The van der Waals surface area contributed by atoms with Crippen LogP contribution in [0.3, 0.4) is 0 Å². The average molecular weight is 184 g/mol. The summed E-state index contributed by atoms with van der Waals surface area (Å²) in [7, 11) is 0. The number of hydrogen-bond acceptors (Lipinski definition) is 4. The molecule has 0 N–H and O–H groups in total. The van der Waals surface area contributed by atoms with Crippen LogP contribution in [0, 0.1) is 0 Å². The molecule has 0 saturated carbocycles. The van der Waals surface area contributed by atoms with E-state index in [1.165, 1.54) is 12.3 Å². The van der Waals surface area contributed by atoms with Crippen molar-refractivity contribution in [3.8, 4) is 0 Å². The Balaban J connectivity index is 2.19. The van der Waals surface area contributed by atoms with Crippen molar-refractivity contribution in [2.75, 3.05) is 6.61 Å². The van der Waals surface area contributed by atoms with Crippen LogP contribution in [0.15, 0.2) is 12.3 Å². The van der Waals surface area contributed by atoms with E-state index in [9.17, 15) is 9.59 Å². The number of hydrogen-bond donors (Lipinski definition) is 0. The van der Waals surface area contributed by atoms with Crippen molar-refractivity contribution in [1.82, 2.24) is 0 Å². The van der Waals surface area contributed by atoms with Gasteiger partial charge in [-0.05, 0) is 6.92 Å². The standard InChI is InChI=1S/C9H12O4/c1-2-12-9(11)4-3-8-7(10)5-6-13-8/h5-6,8H,2-4H2,1H3. The third-order valence-corrected chi connectivity index (χ3v) is 1.71. The minimum absolute atomic E-state index is 0.0794. The molecule has 0 fully saturated rings. The molecule has 4 nitrogen and oxygen atoms in total. The molecule has 0 aromatic rings. The van der Waals surface area contributed by atoms with Gasteiger partial charge in [0.1, 0.15) is 0 Å². The summed E-state index contributed by atoms with van der Waals surface area (Å²) in [6.45, 7) is 2.12. The van der Waals surface area contributed by atoms with Gasteiger partial charge in [0, 0.05) is 18.9 Å². The van der Waals surface area contributed by atoms with Crippen LogP contribution in [0.2, 0.25) is 0 Å². The van der Waals surface area contributed by atoms with Gasteiger partial charge in [-0.2, -0.15) is 0 Å². The highest BCUT2D eigenvalue weighted by Crippen LogP contribution is 2.11. The molecule has 0 saturated heterocycles. The maximum absolute atomic E-state index is 11.0. The monoisotopic (exact) mass is 184 g/mol. The van der Waals surface area contributed by atoms with E-state index in [-0.39, 0.29) is 18.2 Å². The lowest BCUT2D eigenvalue weighted by atomic mass is 10.1. The predicted octanol–water partition coefficient (Wildman–Crippen LogP) is 0.811. The Labute approximate surface area is 76.5 Å². The van der Waals surface area contributed by atoms with E-state index in [1.807, 2.05) is 0 Å². The summed E-state index contributed by atoms with van der Waals surface area (Å²) in [6, 6.07) is 0. The van der Waals surface area contributed by atoms with E-state index in [1.54, 1.807) is 6.92 Å². The first kappa shape index (κ1) is 9.77. The zero-order valence-electron chi connectivity index (χ0n) is 7.49.